The second-order valence-electron chi connectivity index (χ2n) is 2.92. The largest absolute Gasteiger partial charge is 0.307 e. The summed E-state index contributed by atoms with van der Waals surface area (Å²) in [5.74, 6) is 0.159. The van der Waals surface area contributed by atoms with E-state index in [2.05, 4.69) is 20.5 Å². The number of aromatic nitrogens is 3. The van der Waals surface area contributed by atoms with Gasteiger partial charge in [-0.3, -0.25) is 9.89 Å². The molecule has 0 radical (unpaired) electrons. The molecule has 0 saturated heterocycles. The Morgan fingerprint density at radius 2 is 2.25 bits per heavy atom. The fraction of sp³-hybridized carbons (Fsp3) is 0. The molecule has 0 unspecified atom stereocenters. The van der Waals surface area contributed by atoms with Gasteiger partial charge in [-0.05, 0) is 6.07 Å². The van der Waals surface area contributed by atoms with Crippen molar-refractivity contribution in [2.75, 3.05) is 5.32 Å². The number of pyridine rings is 1. The molecule has 16 heavy (non-hydrogen) atoms. The number of rotatable bonds is 2. The van der Waals surface area contributed by atoms with Crippen LogP contribution >= 0.6 is 23.2 Å². The zero-order valence-corrected chi connectivity index (χ0v) is 9.38. The molecule has 0 aliphatic heterocycles. The Balaban J connectivity index is 2.18. The molecule has 5 nitrogen and oxygen atoms in total. The van der Waals surface area contributed by atoms with Crippen molar-refractivity contribution in [1.82, 2.24) is 15.2 Å². The topological polar surface area (TPSA) is 70.7 Å². The van der Waals surface area contributed by atoms with E-state index in [9.17, 15) is 4.79 Å². The summed E-state index contributed by atoms with van der Waals surface area (Å²) in [5.41, 5.74) is 0.323. The molecule has 2 aromatic rings. The summed E-state index contributed by atoms with van der Waals surface area (Å²) in [7, 11) is 0. The summed E-state index contributed by atoms with van der Waals surface area (Å²) in [6, 6.07) is 3.07. The lowest BCUT2D eigenvalue weighted by Crippen LogP contribution is -2.12. The highest BCUT2D eigenvalue weighted by Crippen LogP contribution is 2.20. The lowest BCUT2D eigenvalue weighted by molar-refractivity contribution is 0.102. The fourth-order valence-corrected chi connectivity index (χ4v) is 1.34. The maximum atomic E-state index is 11.7. The molecule has 82 valence electrons. The monoisotopic (exact) mass is 256 g/mol. The van der Waals surface area contributed by atoms with E-state index in [1.807, 2.05) is 0 Å². The highest BCUT2D eigenvalue weighted by atomic mass is 35.5. The highest BCUT2D eigenvalue weighted by molar-refractivity contribution is 6.41. The molecule has 0 aromatic carbocycles. The Morgan fingerprint density at radius 1 is 1.44 bits per heavy atom. The Bertz CT molecular complexity index is 512. The van der Waals surface area contributed by atoms with Crippen molar-refractivity contribution in [2.24, 2.45) is 0 Å². The van der Waals surface area contributed by atoms with Crippen LogP contribution in [-0.4, -0.2) is 21.1 Å². The summed E-state index contributed by atoms with van der Waals surface area (Å²) in [6.07, 6.45) is 2.88. The number of anilines is 1. The second kappa shape index (κ2) is 4.51. The summed E-state index contributed by atoms with van der Waals surface area (Å²) < 4.78 is 0. The fourth-order valence-electron chi connectivity index (χ4n) is 1.07. The van der Waals surface area contributed by atoms with Crippen molar-refractivity contribution in [3.8, 4) is 0 Å². The molecule has 0 bridgehead atoms. The van der Waals surface area contributed by atoms with Gasteiger partial charge >= 0.3 is 0 Å². The van der Waals surface area contributed by atoms with Gasteiger partial charge in [0.15, 0.2) is 0 Å². The molecular weight excluding hydrogens is 251 g/mol. The van der Waals surface area contributed by atoms with Crippen LogP contribution in [0.1, 0.15) is 10.4 Å². The Labute approximate surface area is 101 Å². The highest BCUT2D eigenvalue weighted by Gasteiger charge is 2.09. The lowest BCUT2D eigenvalue weighted by Gasteiger charge is -2.02. The number of hydrogen-bond donors (Lipinski definition) is 2. The van der Waals surface area contributed by atoms with Crippen LogP contribution in [0.3, 0.4) is 0 Å². The smallest absolute Gasteiger partial charge is 0.258 e. The van der Waals surface area contributed by atoms with E-state index in [0.29, 0.717) is 11.4 Å². The van der Waals surface area contributed by atoms with Crippen molar-refractivity contribution >= 4 is 34.9 Å². The normalized spacial score (nSPS) is 10.1. The van der Waals surface area contributed by atoms with Crippen LogP contribution in [0.25, 0.3) is 0 Å². The predicted molar refractivity (Wildman–Crippen MR) is 60.8 cm³/mol. The summed E-state index contributed by atoms with van der Waals surface area (Å²) >= 11 is 11.4. The van der Waals surface area contributed by atoms with E-state index in [-0.39, 0.29) is 16.1 Å². The molecule has 0 spiro atoms. The second-order valence-corrected chi connectivity index (χ2v) is 3.69. The van der Waals surface area contributed by atoms with Crippen LogP contribution in [0.4, 0.5) is 5.82 Å². The summed E-state index contributed by atoms with van der Waals surface area (Å²) in [4.78, 5) is 15.5. The third-order valence-electron chi connectivity index (χ3n) is 1.81. The van der Waals surface area contributed by atoms with Crippen LogP contribution in [-0.2, 0) is 0 Å². The van der Waals surface area contributed by atoms with E-state index in [0.717, 1.165) is 0 Å². The van der Waals surface area contributed by atoms with Gasteiger partial charge in [0.25, 0.3) is 5.91 Å². The average molecular weight is 257 g/mol. The van der Waals surface area contributed by atoms with Gasteiger partial charge in [-0.2, -0.15) is 5.10 Å². The zero-order valence-electron chi connectivity index (χ0n) is 7.87. The van der Waals surface area contributed by atoms with Crippen molar-refractivity contribution in [1.29, 1.82) is 0 Å². The molecule has 0 fully saturated rings. The first-order chi connectivity index (χ1) is 7.66. The Morgan fingerprint density at radius 3 is 2.88 bits per heavy atom. The van der Waals surface area contributed by atoms with Gasteiger partial charge < -0.3 is 5.32 Å². The van der Waals surface area contributed by atoms with Crippen molar-refractivity contribution in [3.05, 3.63) is 40.3 Å². The van der Waals surface area contributed by atoms with Gasteiger partial charge in [0.2, 0.25) is 0 Å². The maximum Gasteiger partial charge on any atom is 0.258 e. The average Bonchev–Trinajstić information content (AvgIpc) is 2.74. The predicted octanol–water partition coefficient (Wildman–Crippen LogP) is 2.36. The first-order valence-electron chi connectivity index (χ1n) is 4.28. The van der Waals surface area contributed by atoms with Crippen molar-refractivity contribution in [3.63, 3.8) is 0 Å². The van der Waals surface area contributed by atoms with Crippen LogP contribution in [0, 0.1) is 0 Å². The summed E-state index contributed by atoms with van der Waals surface area (Å²) in [6.45, 7) is 0. The molecular formula is C9H6Cl2N4O. The third-order valence-corrected chi connectivity index (χ3v) is 2.49. The molecule has 2 N–H and O–H groups in total. The molecule has 2 rings (SSSR count). The molecule has 0 saturated carbocycles. The number of H-pyrrole nitrogens is 1. The van der Waals surface area contributed by atoms with E-state index < -0.39 is 0 Å². The number of amides is 1. The Hall–Kier alpha value is -1.59. The van der Waals surface area contributed by atoms with Gasteiger partial charge in [-0.15, -0.1) is 0 Å². The number of nitrogens with zero attached hydrogens (tertiary/aromatic N) is 2. The van der Waals surface area contributed by atoms with E-state index in [4.69, 9.17) is 23.2 Å². The molecule has 2 aromatic heterocycles. The Kier molecular flexibility index (Phi) is 3.07. The molecule has 7 heteroatoms. The van der Waals surface area contributed by atoms with Crippen LogP contribution < -0.4 is 5.32 Å². The molecule has 0 atom stereocenters. The number of aromatic amines is 1. The van der Waals surface area contributed by atoms with Gasteiger partial charge in [0.05, 0.1) is 16.8 Å². The standard InChI is InChI=1S/C9H6Cl2N4O/c10-6-3-5(4-12-8(6)11)9(16)14-7-1-2-13-15-7/h1-4H,(H2,13,14,15,16). The maximum absolute atomic E-state index is 11.7. The first kappa shape index (κ1) is 10.9. The lowest BCUT2D eigenvalue weighted by atomic mass is 10.3. The molecule has 2 heterocycles. The van der Waals surface area contributed by atoms with Crippen LogP contribution in [0.2, 0.25) is 10.2 Å². The number of carbonyl (C=O) groups excluding carboxylic acids is 1. The van der Waals surface area contributed by atoms with E-state index >= 15 is 0 Å². The van der Waals surface area contributed by atoms with Gasteiger partial charge in [-0.1, -0.05) is 23.2 Å². The van der Waals surface area contributed by atoms with Crippen LogP contribution in [0.15, 0.2) is 24.5 Å². The number of carbonyl (C=O) groups is 1. The van der Waals surface area contributed by atoms with Gasteiger partial charge in [0, 0.05) is 12.3 Å². The van der Waals surface area contributed by atoms with Crippen molar-refractivity contribution in [2.45, 2.75) is 0 Å². The van der Waals surface area contributed by atoms with Gasteiger partial charge in [-0.25, -0.2) is 4.98 Å². The minimum Gasteiger partial charge on any atom is -0.307 e. The molecule has 0 aliphatic carbocycles. The number of nitrogens with one attached hydrogen (secondary N) is 2. The quantitative estimate of drug-likeness (QED) is 0.811. The molecule has 1 amide bonds. The SMILES string of the molecule is O=C(Nc1ccn[nH]1)c1cnc(Cl)c(Cl)c1. The zero-order chi connectivity index (χ0) is 11.5. The third kappa shape index (κ3) is 2.32. The number of halogens is 2. The summed E-state index contributed by atoms with van der Waals surface area (Å²) in [5, 5.41) is 9.29. The number of hydrogen-bond acceptors (Lipinski definition) is 3. The van der Waals surface area contributed by atoms with E-state index in [1.54, 1.807) is 6.07 Å². The minimum absolute atomic E-state index is 0.166. The minimum atomic E-state index is -0.338. The first-order valence-corrected chi connectivity index (χ1v) is 5.04. The van der Waals surface area contributed by atoms with Gasteiger partial charge in [0.1, 0.15) is 11.0 Å². The van der Waals surface area contributed by atoms with Crippen LogP contribution in [0.5, 0.6) is 0 Å². The molecule has 0 aliphatic rings. The van der Waals surface area contributed by atoms with Crippen molar-refractivity contribution < 1.29 is 4.79 Å². The van der Waals surface area contributed by atoms with E-state index in [1.165, 1.54) is 18.5 Å².